The average molecular weight is 341 g/mol. The first-order valence-electron chi connectivity index (χ1n) is 10.0. The molecule has 0 aliphatic heterocycles. The van der Waals surface area contributed by atoms with Gasteiger partial charge in [-0.25, -0.2) is 4.85 Å². The van der Waals surface area contributed by atoms with Crippen molar-refractivity contribution in [2.24, 2.45) is 34.5 Å². The van der Waals surface area contributed by atoms with E-state index >= 15 is 0 Å². The third kappa shape index (κ3) is 2.36. The summed E-state index contributed by atoms with van der Waals surface area (Å²) in [7, 11) is 0. The fourth-order valence-corrected chi connectivity index (χ4v) is 7.39. The highest BCUT2D eigenvalue weighted by Gasteiger charge is 2.62. The number of aliphatic hydroxyl groups is 1. The number of allylic oxidation sites excluding steroid dienone is 1. The lowest BCUT2D eigenvalue weighted by Gasteiger charge is -2.60. The van der Waals surface area contributed by atoms with E-state index in [0.717, 1.165) is 44.9 Å². The van der Waals surface area contributed by atoms with E-state index in [0.29, 0.717) is 30.0 Å². The first-order chi connectivity index (χ1) is 11.7. The van der Waals surface area contributed by atoms with Crippen LogP contribution in [0.25, 0.3) is 4.85 Å². The molecule has 4 aliphatic carbocycles. The highest BCUT2D eigenvalue weighted by molar-refractivity contribution is 5.85. The lowest BCUT2D eigenvalue weighted by molar-refractivity contribution is -0.163. The van der Waals surface area contributed by atoms with E-state index in [1.807, 2.05) is 6.92 Å². The van der Waals surface area contributed by atoms with Crippen LogP contribution in [-0.2, 0) is 4.79 Å². The van der Waals surface area contributed by atoms with Gasteiger partial charge in [0.05, 0.1) is 12.2 Å². The average Bonchev–Trinajstić information content (AvgIpc) is 2.84. The second kappa shape index (κ2) is 5.43. The molecule has 0 aromatic rings. The number of ketones is 1. The molecular formula is C22H31NO2. The van der Waals surface area contributed by atoms with Crippen LogP contribution < -0.4 is 0 Å². The number of carbonyl (C=O) groups excluding carboxylic acids is 1. The van der Waals surface area contributed by atoms with Crippen molar-refractivity contribution in [3.8, 4) is 0 Å². The first-order valence-corrected chi connectivity index (χ1v) is 10.0. The molecule has 4 aliphatic rings. The Morgan fingerprint density at radius 2 is 1.96 bits per heavy atom. The van der Waals surface area contributed by atoms with Crippen LogP contribution in [0.2, 0.25) is 0 Å². The molecular weight excluding hydrogens is 310 g/mol. The summed E-state index contributed by atoms with van der Waals surface area (Å²) in [6.07, 6.45) is 9.39. The Morgan fingerprint density at radius 1 is 1.20 bits per heavy atom. The molecule has 25 heavy (non-hydrogen) atoms. The van der Waals surface area contributed by atoms with Gasteiger partial charge in [-0.3, -0.25) is 4.79 Å². The molecule has 3 heteroatoms. The second-order valence-corrected chi connectivity index (χ2v) is 10.1. The molecule has 1 N–H and O–H groups in total. The van der Waals surface area contributed by atoms with E-state index in [-0.39, 0.29) is 16.7 Å². The van der Waals surface area contributed by atoms with E-state index in [2.05, 4.69) is 18.7 Å². The van der Waals surface area contributed by atoms with Crippen LogP contribution in [0.4, 0.5) is 0 Å². The molecule has 0 aromatic carbocycles. The fourth-order valence-electron chi connectivity index (χ4n) is 7.39. The summed E-state index contributed by atoms with van der Waals surface area (Å²) in [6, 6.07) is 0. The number of carbonyl (C=O) groups is 1. The molecule has 0 saturated heterocycles. The van der Waals surface area contributed by atoms with Gasteiger partial charge in [-0.2, -0.15) is 0 Å². The Kier molecular flexibility index (Phi) is 3.75. The summed E-state index contributed by atoms with van der Waals surface area (Å²) >= 11 is 0. The highest BCUT2D eigenvalue weighted by Crippen LogP contribution is 2.66. The lowest BCUT2D eigenvalue weighted by atomic mass is 9.44. The highest BCUT2D eigenvalue weighted by atomic mass is 16.3. The quantitative estimate of drug-likeness (QED) is 0.645. The maximum absolute atomic E-state index is 13.4. The largest absolute Gasteiger partial charge is 0.390 e. The minimum atomic E-state index is -0.553. The minimum absolute atomic E-state index is 0.0653. The van der Waals surface area contributed by atoms with E-state index in [1.54, 1.807) is 6.20 Å². The standard InChI is InChI=1S/C22H31NO2/c1-20(25)9-10-21(2)14(11-20)5-7-16-17-8-6-15(13-23-4)22(17,3)12-18(24)19(16)21/h13-14,16-17,19,25H,5-12H2,1-3H3/b15-13-/t14-,16+,17+,19-,20-,21+,22-/m1/s1. The number of nitrogens with zero attached hydrogens (tertiary/aromatic N) is 1. The van der Waals surface area contributed by atoms with Crippen LogP contribution >= 0.6 is 0 Å². The molecule has 0 unspecified atom stereocenters. The van der Waals surface area contributed by atoms with Gasteiger partial charge < -0.3 is 5.11 Å². The van der Waals surface area contributed by atoms with Gasteiger partial charge in [-0.1, -0.05) is 19.4 Å². The normalized spacial score (nSPS) is 53.7. The van der Waals surface area contributed by atoms with Gasteiger partial charge >= 0.3 is 0 Å². The maximum atomic E-state index is 13.4. The van der Waals surface area contributed by atoms with Crippen LogP contribution in [0.3, 0.4) is 0 Å². The van der Waals surface area contributed by atoms with Crippen molar-refractivity contribution in [1.29, 1.82) is 0 Å². The third-order valence-corrected chi connectivity index (χ3v) is 8.71. The fraction of sp³-hybridized carbons (Fsp3) is 0.818. The Balaban J connectivity index is 1.69. The molecule has 4 fully saturated rings. The zero-order chi connectivity index (χ0) is 18.0. The van der Waals surface area contributed by atoms with E-state index in [9.17, 15) is 9.90 Å². The Labute approximate surface area is 151 Å². The minimum Gasteiger partial charge on any atom is -0.390 e. The Bertz CT molecular complexity index is 672. The number of hydrogen-bond acceptors (Lipinski definition) is 2. The van der Waals surface area contributed by atoms with E-state index in [4.69, 9.17) is 6.57 Å². The molecule has 136 valence electrons. The zero-order valence-electron chi connectivity index (χ0n) is 15.8. The van der Waals surface area contributed by atoms with Gasteiger partial charge in [-0.15, -0.1) is 0 Å². The smallest absolute Gasteiger partial charge is 0.154 e. The maximum Gasteiger partial charge on any atom is 0.154 e. The van der Waals surface area contributed by atoms with Crippen molar-refractivity contribution in [2.75, 3.05) is 0 Å². The second-order valence-electron chi connectivity index (χ2n) is 10.1. The number of fused-ring (bicyclic) bond motifs is 5. The molecule has 4 saturated carbocycles. The van der Waals surface area contributed by atoms with Gasteiger partial charge in [0, 0.05) is 12.3 Å². The third-order valence-electron chi connectivity index (χ3n) is 8.71. The van der Waals surface area contributed by atoms with Gasteiger partial charge in [0.2, 0.25) is 0 Å². The molecule has 0 amide bonds. The number of Topliss-reactive ketones (excluding diaryl/α,β-unsaturated/α-hetero) is 1. The molecule has 3 nitrogen and oxygen atoms in total. The van der Waals surface area contributed by atoms with Gasteiger partial charge in [0.1, 0.15) is 5.78 Å². The van der Waals surface area contributed by atoms with Gasteiger partial charge in [-0.05, 0) is 80.5 Å². The molecule has 0 bridgehead atoms. The summed E-state index contributed by atoms with van der Waals surface area (Å²) < 4.78 is 0. The SMILES string of the molecule is [C-]#[N+]/C=C1/CC[C@H]2[C@@H]3CC[C@@H]4C[C@](C)(O)CC[C@]4(C)[C@H]3C(=O)C[C@]12C. The van der Waals surface area contributed by atoms with Crippen LogP contribution in [0.1, 0.15) is 72.1 Å². The molecule has 0 aromatic heterocycles. The molecule has 0 spiro atoms. The molecule has 0 radical (unpaired) electrons. The lowest BCUT2D eigenvalue weighted by Crippen LogP contribution is -2.58. The summed E-state index contributed by atoms with van der Waals surface area (Å²) in [4.78, 5) is 16.9. The number of hydrogen-bond donors (Lipinski definition) is 1. The van der Waals surface area contributed by atoms with Crippen LogP contribution in [0.5, 0.6) is 0 Å². The van der Waals surface area contributed by atoms with Crippen LogP contribution in [0.15, 0.2) is 11.8 Å². The van der Waals surface area contributed by atoms with Gasteiger partial charge in [0.25, 0.3) is 0 Å². The van der Waals surface area contributed by atoms with E-state index < -0.39 is 5.60 Å². The predicted molar refractivity (Wildman–Crippen MR) is 97.4 cm³/mol. The van der Waals surface area contributed by atoms with Crippen molar-refractivity contribution >= 4 is 5.78 Å². The monoisotopic (exact) mass is 341 g/mol. The summed E-state index contributed by atoms with van der Waals surface area (Å²) in [5, 5.41) is 10.6. The topological polar surface area (TPSA) is 41.7 Å². The van der Waals surface area contributed by atoms with Crippen molar-refractivity contribution < 1.29 is 9.90 Å². The first kappa shape index (κ1) is 17.3. The summed E-state index contributed by atoms with van der Waals surface area (Å²) in [6.45, 7) is 13.8. The molecule has 4 rings (SSSR count). The van der Waals surface area contributed by atoms with Crippen LogP contribution in [-0.4, -0.2) is 16.5 Å². The summed E-state index contributed by atoms with van der Waals surface area (Å²) in [5.74, 6) is 2.13. The predicted octanol–water partition coefficient (Wildman–Crippen LogP) is 4.76. The van der Waals surface area contributed by atoms with Crippen LogP contribution in [0, 0.1) is 41.1 Å². The van der Waals surface area contributed by atoms with Crippen molar-refractivity contribution in [1.82, 2.24) is 0 Å². The number of rotatable bonds is 0. The zero-order valence-corrected chi connectivity index (χ0v) is 15.8. The van der Waals surface area contributed by atoms with E-state index in [1.165, 1.54) is 5.57 Å². The van der Waals surface area contributed by atoms with Crippen molar-refractivity contribution in [3.63, 3.8) is 0 Å². The summed E-state index contributed by atoms with van der Waals surface area (Å²) in [5.41, 5.74) is 0.655. The van der Waals surface area contributed by atoms with Gasteiger partial charge in [0.15, 0.2) is 6.20 Å². The van der Waals surface area contributed by atoms with Crippen molar-refractivity contribution in [3.05, 3.63) is 23.2 Å². The molecule has 7 atom stereocenters. The Morgan fingerprint density at radius 3 is 2.68 bits per heavy atom. The Hall–Kier alpha value is -1.14. The molecule has 0 heterocycles. The van der Waals surface area contributed by atoms with Crippen molar-refractivity contribution in [2.45, 2.75) is 77.7 Å².